The van der Waals surface area contributed by atoms with E-state index in [2.05, 4.69) is 12.2 Å². The van der Waals surface area contributed by atoms with Gasteiger partial charge in [-0.2, -0.15) is 0 Å². The molecule has 82 valence electrons. The van der Waals surface area contributed by atoms with Crippen molar-refractivity contribution in [2.45, 2.75) is 19.4 Å². The predicted molar refractivity (Wildman–Crippen MR) is 60.5 cm³/mol. The summed E-state index contributed by atoms with van der Waals surface area (Å²) in [5, 5.41) is 3.88. The lowest BCUT2D eigenvalue weighted by atomic mass is 10.0. The summed E-state index contributed by atoms with van der Waals surface area (Å²) in [6.07, 6.45) is 1.19. The highest BCUT2D eigenvalue weighted by molar-refractivity contribution is 6.31. The SMILES string of the molecule is CNC(c1cc(F)ccc1Cl)C1CC1C. The number of benzene rings is 1. The third-order valence-electron chi connectivity index (χ3n) is 3.20. The molecule has 3 heteroatoms. The van der Waals surface area contributed by atoms with Gasteiger partial charge in [0.2, 0.25) is 0 Å². The maximum Gasteiger partial charge on any atom is 0.123 e. The van der Waals surface area contributed by atoms with Crippen molar-refractivity contribution in [1.82, 2.24) is 5.32 Å². The number of hydrogen-bond acceptors (Lipinski definition) is 1. The average molecular weight is 228 g/mol. The number of rotatable bonds is 3. The minimum Gasteiger partial charge on any atom is -0.313 e. The fourth-order valence-electron chi connectivity index (χ4n) is 2.17. The first-order chi connectivity index (χ1) is 7.13. The van der Waals surface area contributed by atoms with Crippen LogP contribution in [-0.4, -0.2) is 7.05 Å². The summed E-state index contributed by atoms with van der Waals surface area (Å²) < 4.78 is 13.1. The highest BCUT2D eigenvalue weighted by atomic mass is 35.5. The van der Waals surface area contributed by atoms with Gasteiger partial charge < -0.3 is 5.32 Å². The second-order valence-electron chi connectivity index (χ2n) is 4.31. The van der Waals surface area contributed by atoms with Crippen molar-refractivity contribution in [2.75, 3.05) is 7.05 Å². The topological polar surface area (TPSA) is 12.0 Å². The predicted octanol–water partition coefficient (Wildman–Crippen LogP) is 3.40. The Morgan fingerprint density at radius 1 is 1.53 bits per heavy atom. The Kier molecular flexibility index (Phi) is 2.98. The summed E-state index contributed by atoms with van der Waals surface area (Å²) in [4.78, 5) is 0. The fourth-order valence-corrected chi connectivity index (χ4v) is 2.40. The summed E-state index contributed by atoms with van der Waals surface area (Å²) in [5.41, 5.74) is 0.883. The van der Waals surface area contributed by atoms with Crippen molar-refractivity contribution in [2.24, 2.45) is 11.8 Å². The van der Waals surface area contributed by atoms with Crippen molar-refractivity contribution in [3.63, 3.8) is 0 Å². The number of nitrogens with one attached hydrogen (secondary N) is 1. The van der Waals surface area contributed by atoms with E-state index in [-0.39, 0.29) is 11.9 Å². The Balaban J connectivity index is 2.29. The molecule has 1 nitrogen and oxygen atoms in total. The van der Waals surface area contributed by atoms with E-state index in [0.717, 1.165) is 5.56 Å². The van der Waals surface area contributed by atoms with Gasteiger partial charge in [0.15, 0.2) is 0 Å². The second-order valence-corrected chi connectivity index (χ2v) is 4.72. The fraction of sp³-hybridized carbons (Fsp3) is 0.500. The Hall–Kier alpha value is -0.600. The Bertz CT molecular complexity index is 367. The molecule has 1 aliphatic carbocycles. The van der Waals surface area contributed by atoms with Gasteiger partial charge in [0, 0.05) is 11.1 Å². The van der Waals surface area contributed by atoms with Crippen LogP contribution in [0.15, 0.2) is 18.2 Å². The van der Waals surface area contributed by atoms with Crippen molar-refractivity contribution in [3.05, 3.63) is 34.6 Å². The molecule has 1 aliphatic rings. The van der Waals surface area contributed by atoms with E-state index >= 15 is 0 Å². The largest absolute Gasteiger partial charge is 0.313 e. The van der Waals surface area contributed by atoms with Crippen molar-refractivity contribution in [3.8, 4) is 0 Å². The van der Waals surface area contributed by atoms with E-state index < -0.39 is 0 Å². The van der Waals surface area contributed by atoms with Gasteiger partial charge in [-0.1, -0.05) is 18.5 Å². The minimum absolute atomic E-state index is 0.184. The molecule has 0 amide bonds. The smallest absolute Gasteiger partial charge is 0.123 e. The summed E-state index contributed by atoms with van der Waals surface area (Å²) in [7, 11) is 1.90. The first kappa shape index (κ1) is 10.9. The molecule has 0 aromatic heterocycles. The molecular formula is C12H15ClFN. The Morgan fingerprint density at radius 3 is 2.73 bits per heavy atom. The third-order valence-corrected chi connectivity index (χ3v) is 3.55. The van der Waals surface area contributed by atoms with Gasteiger partial charge in [-0.15, -0.1) is 0 Å². The monoisotopic (exact) mass is 227 g/mol. The highest BCUT2D eigenvalue weighted by Gasteiger charge is 2.40. The molecule has 1 aromatic carbocycles. The lowest BCUT2D eigenvalue weighted by Crippen LogP contribution is -2.19. The maximum absolute atomic E-state index is 13.1. The lowest BCUT2D eigenvalue weighted by molar-refractivity contribution is 0.500. The zero-order valence-corrected chi connectivity index (χ0v) is 9.68. The number of hydrogen-bond donors (Lipinski definition) is 1. The van der Waals surface area contributed by atoms with Gasteiger partial charge in [0.1, 0.15) is 5.82 Å². The molecule has 1 aromatic rings. The van der Waals surface area contributed by atoms with Crippen molar-refractivity contribution >= 4 is 11.6 Å². The zero-order chi connectivity index (χ0) is 11.0. The van der Waals surface area contributed by atoms with E-state index in [9.17, 15) is 4.39 Å². The quantitative estimate of drug-likeness (QED) is 0.835. The van der Waals surface area contributed by atoms with Crippen LogP contribution >= 0.6 is 11.6 Å². The van der Waals surface area contributed by atoms with Crippen molar-refractivity contribution < 1.29 is 4.39 Å². The highest BCUT2D eigenvalue weighted by Crippen LogP contribution is 2.48. The molecule has 1 N–H and O–H groups in total. The molecule has 1 saturated carbocycles. The normalized spacial score (nSPS) is 26.4. The van der Waals surface area contributed by atoms with Gasteiger partial charge in [-0.3, -0.25) is 0 Å². The first-order valence-electron chi connectivity index (χ1n) is 5.25. The molecular weight excluding hydrogens is 213 g/mol. The van der Waals surface area contributed by atoms with Crippen LogP contribution in [0.25, 0.3) is 0 Å². The van der Waals surface area contributed by atoms with Crippen LogP contribution in [0.2, 0.25) is 5.02 Å². The van der Waals surface area contributed by atoms with Crippen LogP contribution in [0.3, 0.4) is 0 Å². The average Bonchev–Trinajstić information content (AvgIpc) is 2.90. The lowest BCUT2D eigenvalue weighted by Gasteiger charge is -2.17. The molecule has 3 unspecified atom stereocenters. The Morgan fingerprint density at radius 2 is 2.20 bits per heavy atom. The molecule has 0 spiro atoms. The molecule has 15 heavy (non-hydrogen) atoms. The van der Waals surface area contributed by atoms with Crippen LogP contribution in [-0.2, 0) is 0 Å². The van der Waals surface area contributed by atoms with Gasteiger partial charge in [-0.05, 0) is 49.1 Å². The van der Waals surface area contributed by atoms with E-state index in [4.69, 9.17) is 11.6 Å². The van der Waals surface area contributed by atoms with Gasteiger partial charge in [0.25, 0.3) is 0 Å². The molecule has 3 atom stereocenters. The van der Waals surface area contributed by atoms with E-state index in [0.29, 0.717) is 16.9 Å². The molecule has 0 saturated heterocycles. The van der Waals surface area contributed by atoms with Crippen LogP contribution in [0, 0.1) is 17.7 Å². The summed E-state index contributed by atoms with van der Waals surface area (Å²) in [5.74, 6) is 1.08. The van der Waals surface area contributed by atoms with Crippen LogP contribution in [0.5, 0.6) is 0 Å². The van der Waals surface area contributed by atoms with Gasteiger partial charge >= 0.3 is 0 Å². The summed E-state index contributed by atoms with van der Waals surface area (Å²) >= 11 is 6.08. The first-order valence-corrected chi connectivity index (χ1v) is 5.63. The maximum atomic E-state index is 13.1. The summed E-state index contributed by atoms with van der Waals surface area (Å²) in [6, 6.07) is 4.75. The zero-order valence-electron chi connectivity index (χ0n) is 8.93. The van der Waals surface area contributed by atoms with Crippen LogP contribution < -0.4 is 5.32 Å². The third kappa shape index (κ3) is 2.16. The molecule has 0 bridgehead atoms. The molecule has 0 aliphatic heterocycles. The van der Waals surface area contributed by atoms with Crippen LogP contribution in [0.4, 0.5) is 4.39 Å². The summed E-state index contributed by atoms with van der Waals surface area (Å²) in [6.45, 7) is 2.21. The van der Waals surface area contributed by atoms with E-state index in [1.54, 1.807) is 6.07 Å². The van der Waals surface area contributed by atoms with Crippen LogP contribution in [0.1, 0.15) is 24.9 Å². The van der Waals surface area contributed by atoms with E-state index in [1.807, 2.05) is 7.05 Å². The number of halogens is 2. The van der Waals surface area contributed by atoms with Gasteiger partial charge in [-0.25, -0.2) is 4.39 Å². The molecule has 0 heterocycles. The second kappa shape index (κ2) is 4.11. The molecule has 2 rings (SSSR count). The molecule has 0 radical (unpaired) electrons. The standard InChI is InChI=1S/C12H15ClFN/c1-7-5-9(7)12(15-2)10-6-8(14)3-4-11(10)13/h3-4,6-7,9,12,15H,5H2,1-2H3. The van der Waals surface area contributed by atoms with E-state index in [1.165, 1.54) is 18.6 Å². The minimum atomic E-state index is -0.219. The Labute approximate surface area is 94.6 Å². The molecule has 1 fully saturated rings. The van der Waals surface area contributed by atoms with Crippen molar-refractivity contribution in [1.29, 1.82) is 0 Å². The van der Waals surface area contributed by atoms with Gasteiger partial charge in [0.05, 0.1) is 0 Å².